The minimum atomic E-state index is -0.277. The second-order valence-corrected chi connectivity index (χ2v) is 6.64. The molecule has 1 aromatic carbocycles. The summed E-state index contributed by atoms with van der Waals surface area (Å²) >= 11 is 0. The van der Waals surface area contributed by atoms with Gasteiger partial charge in [-0.1, -0.05) is 12.2 Å². The molecule has 1 aromatic heterocycles. The molecule has 4 rings (SSSR count). The number of nitro benzene ring substituents is 1. The maximum Gasteiger partial charge on any atom is 0.292 e. The third-order valence-corrected chi connectivity index (χ3v) is 5.41. The number of rotatable bonds is 2. The Bertz CT molecular complexity index is 845. The molecule has 2 heterocycles. The number of fused-ring (bicyclic) bond motifs is 3. The van der Waals surface area contributed by atoms with Gasteiger partial charge in [-0.3, -0.25) is 15.1 Å². The third-order valence-electron chi connectivity index (χ3n) is 5.41. The van der Waals surface area contributed by atoms with E-state index in [0.29, 0.717) is 11.6 Å². The Balaban J connectivity index is 1.92. The summed E-state index contributed by atoms with van der Waals surface area (Å²) in [6, 6.07) is 5.72. The minimum absolute atomic E-state index is 0.0568. The summed E-state index contributed by atoms with van der Waals surface area (Å²) in [5, 5.41) is 15.1. The lowest BCUT2D eigenvalue weighted by Crippen LogP contribution is -2.30. The number of aryl methyl sites for hydroxylation is 1. The molecule has 0 radical (unpaired) electrons. The first-order chi connectivity index (χ1) is 11.6. The molecule has 3 atom stereocenters. The Hall–Kier alpha value is -2.69. The SMILES string of the molecule is Cc1cc([N+](=O)[O-])c2c(c1C)[C@@H]1C=CC[C@@H]1[C@@H](c1ccncc1)N2. The Morgan fingerprint density at radius 2 is 2.04 bits per heavy atom. The van der Waals surface area contributed by atoms with E-state index in [9.17, 15) is 10.1 Å². The fraction of sp³-hybridized carbons (Fsp3) is 0.316. The van der Waals surface area contributed by atoms with E-state index in [1.165, 1.54) is 0 Å². The first-order valence-corrected chi connectivity index (χ1v) is 8.19. The molecule has 5 nitrogen and oxygen atoms in total. The number of allylic oxidation sites excluding steroid dienone is 2. The molecule has 1 N–H and O–H groups in total. The lowest BCUT2D eigenvalue weighted by molar-refractivity contribution is -0.384. The third kappa shape index (κ3) is 2.12. The average Bonchev–Trinajstić information content (AvgIpc) is 3.07. The van der Waals surface area contributed by atoms with Crippen LogP contribution in [-0.2, 0) is 0 Å². The topological polar surface area (TPSA) is 68.1 Å². The molecule has 2 aromatic rings. The maximum absolute atomic E-state index is 11.6. The quantitative estimate of drug-likeness (QED) is 0.504. The van der Waals surface area contributed by atoms with Crippen LogP contribution in [0.15, 0.2) is 42.7 Å². The zero-order valence-electron chi connectivity index (χ0n) is 13.7. The number of aromatic nitrogens is 1. The Morgan fingerprint density at radius 1 is 1.29 bits per heavy atom. The molecule has 0 saturated carbocycles. The van der Waals surface area contributed by atoms with Gasteiger partial charge < -0.3 is 5.32 Å². The van der Waals surface area contributed by atoms with Gasteiger partial charge in [0.2, 0.25) is 0 Å². The summed E-state index contributed by atoms with van der Waals surface area (Å²) in [5.74, 6) is 0.595. The predicted molar refractivity (Wildman–Crippen MR) is 93.2 cm³/mol. The molecule has 0 fully saturated rings. The molecule has 0 saturated heterocycles. The van der Waals surface area contributed by atoms with Crippen molar-refractivity contribution in [3.8, 4) is 0 Å². The number of hydrogen-bond acceptors (Lipinski definition) is 4. The van der Waals surface area contributed by atoms with Crippen LogP contribution in [-0.4, -0.2) is 9.91 Å². The first-order valence-electron chi connectivity index (χ1n) is 8.19. The van der Waals surface area contributed by atoms with Crippen LogP contribution in [0.1, 0.15) is 40.6 Å². The van der Waals surface area contributed by atoms with Crippen LogP contribution >= 0.6 is 0 Å². The van der Waals surface area contributed by atoms with Gasteiger partial charge in [0, 0.05) is 24.4 Å². The molecular weight excluding hydrogens is 302 g/mol. The largest absolute Gasteiger partial charge is 0.372 e. The van der Waals surface area contributed by atoms with Crippen LogP contribution < -0.4 is 5.32 Å². The van der Waals surface area contributed by atoms with Crippen LogP contribution in [0, 0.1) is 29.9 Å². The number of nitrogens with one attached hydrogen (secondary N) is 1. The van der Waals surface area contributed by atoms with Crippen molar-refractivity contribution in [1.29, 1.82) is 0 Å². The highest BCUT2D eigenvalue weighted by Gasteiger charge is 2.41. The minimum Gasteiger partial charge on any atom is -0.372 e. The van der Waals surface area contributed by atoms with E-state index < -0.39 is 0 Å². The molecule has 122 valence electrons. The van der Waals surface area contributed by atoms with Gasteiger partial charge in [0.15, 0.2) is 0 Å². The van der Waals surface area contributed by atoms with Crippen LogP contribution in [0.4, 0.5) is 11.4 Å². The molecule has 24 heavy (non-hydrogen) atoms. The maximum atomic E-state index is 11.6. The van der Waals surface area contributed by atoms with Crippen molar-refractivity contribution in [1.82, 2.24) is 4.98 Å². The molecule has 0 unspecified atom stereocenters. The van der Waals surface area contributed by atoms with Gasteiger partial charge in [-0.15, -0.1) is 0 Å². The molecule has 0 spiro atoms. The molecule has 1 aliphatic carbocycles. The van der Waals surface area contributed by atoms with Gasteiger partial charge in [-0.2, -0.15) is 0 Å². The second kappa shape index (κ2) is 5.44. The number of hydrogen-bond donors (Lipinski definition) is 1. The van der Waals surface area contributed by atoms with E-state index in [-0.39, 0.29) is 22.6 Å². The Labute approximate surface area is 140 Å². The lowest BCUT2D eigenvalue weighted by atomic mass is 9.75. The van der Waals surface area contributed by atoms with Gasteiger partial charge in [-0.25, -0.2) is 0 Å². The van der Waals surface area contributed by atoms with Crippen molar-refractivity contribution in [2.75, 3.05) is 5.32 Å². The summed E-state index contributed by atoms with van der Waals surface area (Å²) in [4.78, 5) is 15.4. The van der Waals surface area contributed by atoms with E-state index in [1.807, 2.05) is 19.1 Å². The molecule has 0 bridgehead atoms. The monoisotopic (exact) mass is 321 g/mol. The molecule has 1 aliphatic heterocycles. The van der Waals surface area contributed by atoms with Crippen LogP contribution in [0.3, 0.4) is 0 Å². The molecule has 0 amide bonds. The smallest absolute Gasteiger partial charge is 0.292 e. The fourth-order valence-electron chi connectivity index (χ4n) is 4.12. The predicted octanol–water partition coefficient (Wildman–Crippen LogP) is 4.43. The number of pyridine rings is 1. The van der Waals surface area contributed by atoms with E-state index in [0.717, 1.165) is 28.7 Å². The van der Waals surface area contributed by atoms with Gasteiger partial charge >= 0.3 is 0 Å². The highest BCUT2D eigenvalue weighted by atomic mass is 16.6. The van der Waals surface area contributed by atoms with Gasteiger partial charge in [0.25, 0.3) is 5.69 Å². The first kappa shape index (κ1) is 14.9. The van der Waals surface area contributed by atoms with E-state index in [2.05, 4.69) is 29.4 Å². The van der Waals surface area contributed by atoms with Crippen LogP contribution in [0.5, 0.6) is 0 Å². The number of nitrogens with zero attached hydrogens (tertiary/aromatic N) is 2. The lowest BCUT2D eigenvalue weighted by Gasteiger charge is -2.38. The normalized spacial score (nSPS) is 24.2. The van der Waals surface area contributed by atoms with Gasteiger partial charge in [0.05, 0.1) is 11.0 Å². The highest BCUT2D eigenvalue weighted by Crippen LogP contribution is 2.53. The van der Waals surface area contributed by atoms with E-state index >= 15 is 0 Å². The summed E-state index contributed by atoms with van der Waals surface area (Å²) in [6.07, 6.45) is 8.95. The zero-order chi connectivity index (χ0) is 16.8. The number of nitro groups is 1. The number of benzene rings is 1. The summed E-state index contributed by atoms with van der Waals surface area (Å²) in [5.41, 5.74) is 5.19. The van der Waals surface area contributed by atoms with Crippen molar-refractivity contribution in [2.45, 2.75) is 32.2 Å². The van der Waals surface area contributed by atoms with Crippen molar-refractivity contribution in [2.24, 2.45) is 5.92 Å². The highest BCUT2D eigenvalue weighted by molar-refractivity contribution is 5.74. The zero-order valence-corrected chi connectivity index (χ0v) is 13.7. The van der Waals surface area contributed by atoms with Crippen LogP contribution in [0.25, 0.3) is 0 Å². The molecular formula is C19H19N3O2. The summed E-state index contributed by atoms with van der Waals surface area (Å²) < 4.78 is 0. The molecule has 2 aliphatic rings. The fourth-order valence-corrected chi connectivity index (χ4v) is 4.12. The van der Waals surface area contributed by atoms with Crippen molar-refractivity contribution in [3.63, 3.8) is 0 Å². The average molecular weight is 321 g/mol. The van der Waals surface area contributed by atoms with Crippen LogP contribution in [0.2, 0.25) is 0 Å². The standard InChI is InChI=1S/C19H19N3O2/c1-11-10-16(22(23)24)19-17(12(11)2)14-4-3-5-15(14)18(21-19)13-6-8-20-9-7-13/h3-4,6-10,14-15,18,21H,5H2,1-2H3/t14-,15+,18-/m1/s1. The second-order valence-electron chi connectivity index (χ2n) is 6.64. The van der Waals surface area contributed by atoms with E-state index in [1.54, 1.807) is 18.5 Å². The van der Waals surface area contributed by atoms with Crippen molar-refractivity contribution < 1.29 is 4.92 Å². The summed E-state index contributed by atoms with van der Waals surface area (Å²) in [6.45, 7) is 4.01. The van der Waals surface area contributed by atoms with Crippen molar-refractivity contribution in [3.05, 3.63) is 75.1 Å². The summed E-state index contributed by atoms with van der Waals surface area (Å²) in [7, 11) is 0. The van der Waals surface area contributed by atoms with Gasteiger partial charge in [-0.05, 0) is 60.6 Å². The number of anilines is 1. The van der Waals surface area contributed by atoms with Gasteiger partial charge in [0.1, 0.15) is 5.69 Å². The molecule has 5 heteroatoms. The Morgan fingerprint density at radius 3 is 2.75 bits per heavy atom. The van der Waals surface area contributed by atoms with Crippen molar-refractivity contribution >= 4 is 11.4 Å². The Kier molecular flexibility index (Phi) is 3.37. The van der Waals surface area contributed by atoms with E-state index in [4.69, 9.17) is 0 Å².